The Labute approximate surface area is 264 Å². The van der Waals surface area contributed by atoms with Crippen molar-refractivity contribution in [1.82, 2.24) is 0 Å². The molecule has 5 aromatic rings. The van der Waals surface area contributed by atoms with Gasteiger partial charge in [0.05, 0.1) is 6.16 Å². The fraction of sp³-hybridized carbons (Fsp3) is 0.0323. The molecule has 222 valence electrons. The van der Waals surface area contributed by atoms with Crippen LogP contribution in [0.2, 0.25) is 0 Å². The van der Waals surface area contributed by atoms with E-state index in [4.69, 9.17) is 0 Å². The number of rotatable bonds is 8. The van der Waals surface area contributed by atoms with Gasteiger partial charge in [-0.15, -0.1) is 0 Å². The maximum absolute atomic E-state index is 10.3. The van der Waals surface area contributed by atoms with Gasteiger partial charge in [0.25, 0.3) is 0 Å². The Morgan fingerprint density at radius 1 is 0.558 bits per heavy atom. The van der Waals surface area contributed by atoms with E-state index in [2.05, 4.69) is 131 Å². The smallest absolute Gasteiger partial charge is 0.0622 e. The molecule has 0 atom stereocenters. The van der Waals surface area contributed by atoms with Gasteiger partial charge in [-0.25, -0.2) is 0 Å². The van der Waals surface area contributed by atoms with Gasteiger partial charge in [-0.2, -0.15) is 0 Å². The molecule has 0 fully saturated rings. The first-order valence-electron chi connectivity index (χ1n) is 12.5. The van der Waals surface area contributed by atoms with Gasteiger partial charge in [-0.05, 0) is 60.2 Å². The first-order chi connectivity index (χ1) is 20.8. The number of non-ortho nitro benzene ring substituents is 3. The molecule has 0 aromatic heterocycles. The molecule has 0 spiro atoms. The van der Waals surface area contributed by atoms with Crippen LogP contribution in [0.5, 0.6) is 0 Å². The van der Waals surface area contributed by atoms with E-state index in [-0.39, 0.29) is 0 Å². The summed E-state index contributed by atoms with van der Waals surface area (Å²) in [5.41, 5.74) is -0.948. The largest absolute Gasteiger partial charge is 0.116 e. The molecule has 0 aliphatic rings. The average molecular weight is 798 g/mol. The van der Waals surface area contributed by atoms with E-state index in [9.17, 15) is 30.3 Å². The third kappa shape index (κ3) is 8.64. The number of halogens is 1. The first kappa shape index (κ1) is 33.3. The molecule has 0 saturated heterocycles. The van der Waals surface area contributed by atoms with E-state index in [1.165, 1.54) is 21.5 Å². The van der Waals surface area contributed by atoms with Crippen LogP contribution in [0.1, 0.15) is 5.56 Å². The van der Waals surface area contributed by atoms with Crippen molar-refractivity contribution < 1.29 is 34.8 Å². The van der Waals surface area contributed by atoms with Gasteiger partial charge in [0.2, 0.25) is 0 Å². The molecule has 12 heteroatoms. The van der Waals surface area contributed by atoms with Crippen molar-refractivity contribution in [3.05, 3.63) is 175 Å². The van der Waals surface area contributed by atoms with Gasteiger partial charge >= 0.3 is 29.2 Å². The summed E-state index contributed by atoms with van der Waals surface area (Å²) in [4.78, 5) is 27.9. The molecule has 0 saturated carbocycles. The number of nitrogens with zero attached hydrogens (tertiary/aromatic N) is 3. The van der Waals surface area contributed by atoms with Crippen molar-refractivity contribution in [3.63, 3.8) is 0 Å². The summed E-state index contributed by atoms with van der Waals surface area (Å²) in [5.74, 6) is 0. The third-order valence-corrected chi connectivity index (χ3v) is 10.7. The Morgan fingerprint density at radius 3 is 1.19 bits per heavy atom. The minimum absolute atomic E-state index is 0.604. The molecular formula is C31H24AuClN3O6P. The van der Waals surface area contributed by atoms with Crippen LogP contribution < -0.4 is 15.9 Å². The molecule has 5 rings (SSSR count). The zero-order chi connectivity index (χ0) is 31.2. The zero-order valence-corrected chi connectivity index (χ0v) is 26.1. The third-order valence-electron chi connectivity index (χ3n) is 6.28. The van der Waals surface area contributed by atoms with Gasteiger partial charge in [-0.3, -0.25) is 30.3 Å². The summed E-state index contributed by atoms with van der Waals surface area (Å²) in [5, 5.41) is 35.2. The Kier molecular flexibility index (Phi) is 12.7. The molecule has 43 heavy (non-hydrogen) atoms. The van der Waals surface area contributed by atoms with E-state index in [1.54, 1.807) is 20.0 Å². The Balaban J connectivity index is 0.000000255. The summed E-state index contributed by atoms with van der Waals surface area (Å²) in [6.45, 7) is 0. The molecule has 0 bridgehead atoms. The van der Waals surface area contributed by atoms with Crippen molar-refractivity contribution in [2.75, 3.05) is 0 Å². The second kappa shape index (κ2) is 16.4. The second-order valence-corrected chi connectivity index (χ2v) is 12.3. The van der Waals surface area contributed by atoms with Gasteiger partial charge in [-0.1, -0.05) is 84.9 Å². The monoisotopic (exact) mass is 797 g/mol. The summed E-state index contributed by atoms with van der Waals surface area (Å²) in [6, 6.07) is 47.1. The number of benzene rings is 5. The molecule has 0 aliphatic heterocycles. The van der Waals surface area contributed by atoms with Crippen LogP contribution in [-0.4, -0.2) is 14.8 Å². The minimum atomic E-state index is -1.78. The molecule has 0 aliphatic carbocycles. The predicted octanol–water partition coefficient (Wildman–Crippen LogP) is 7.08. The Bertz CT molecular complexity index is 1470. The van der Waals surface area contributed by atoms with Crippen molar-refractivity contribution in [1.29, 1.82) is 0 Å². The van der Waals surface area contributed by atoms with Crippen LogP contribution in [0, 0.1) is 36.4 Å². The molecule has 0 amide bonds. The van der Waals surface area contributed by atoms with Gasteiger partial charge < -0.3 is 0 Å². The zero-order valence-electron chi connectivity index (χ0n) is 22.3. The number of nitro groups is 3. The Hall–Kier alpha value is -4.24. The standard InChI is InChI=1S/C25H22P.C6H2N3O6.Au.ClH/c1-5-13-22(14-6-1)21-26(23-15-7-2-8-16-23,24-17-9-3-10-18-24)25-19-11-4-12-20-25;10-7(11)4-1-5(8(12)13)3-6(2-4)9(14)15;;/h1-20H,21H2;1-2H;;1H/q+1;-1;+1;/p-1. The topological polar surface area (TPSA) is 129 Å². The van der Waals surface area contributed by atoms with Gasteiger partial charge in [0.15, 0.2) is 17.1 Å². The van der Waals surface area contributed by atoms with Crippen molar-refractivity contribution >= 4 is 49.4 Å². The van der Waals surface area contributed by atoms with Crippen LogP contribution in [0.25, 0.3) is 0 Å². The fourth-order valence-corrected chi connectivity index (χ4v) is 8.70. The summed E-state index contributed by atoms with van der Waals surface area (Å²) >= 11 is 1.75. The van der Waals surface area contributed by atoms with Gasteiger partial charge in [0, 0.05) is 14.8 Å². The molecule has 0 unspecified atom stereocenters. The second-order valence-electron chi connectivity index (χ2n) is 8.84. The summed E-state index contributed by atoms with van der Waals surface area (Å²) in [6.07, 6.45) is 1.03. The SMILES string of the molecule is O=[N+]([O-])c1[c-]c([N+](=O)[O-])cc([N+](=O)[O-])c1.[Cl][Au].c1ccc(C[P+](c2ccccc2)(c2ccccc2)c2ccccc2)cc1. The minimum Gasteiger partial charge on any atom is -0.0622 e. The molecular weight excluding hydrogens is 774 g/mol. The number of hydrogen-bond donors (Lipinski definition) is 0. The van der Waals surface area contributed by atoms with Crippen molar-refractivity contribution in [2.45, 2.75) is 6.16 Å². The van der Waals surface area contributed by atoms with E-state index >= 15 is 0 Å². The van der Waals surface area contributed by atoms with Crippen LogP contribution in [0.15, 0.2) is 133 Å². The van der Waals surface area contributed by atoms with E-state index < -0.39 is 39.1 Å². The maximum Gasteiger partial charge on any atom is 0.116 e. The van der Waals surface area contributed by atoms with Crippen LogP contribution in [0.4, 0.5) is 17.1 Å². The average Bonchev–Trinajstić information content (AvgIpc) is 3.06. The summed E-state index contributed by atoms with van der Waals surface area (Å²) in [7, 11) is 2.81. The molecule has 0 radical (unpaired) electrons. The molecule has 0 N–H and O–H groups in total. The van der Waals surface area contributed by atoms with Crippen LogP contribution in [0.3, 0.4) is 0 Å². The van der Waals surface area contributed by atoms with Crippen molar-refractivity contribution in [2.24, 2.45) is 0 Å². The summed E-state index contributed by atoms with van der Waals surface area (Å²) < 4.78 is 0. The van der Waals surface area contributed by atoms with E-state index in [0.29, 0.717) is 12.1 Å². The van der Waals surface area contributed by atoms with Gasteiger partial charge in [0.1, 0.15) is 23.2 Å². The molecule has 5 aromatic carbocycles. The Morgan fingerprint density at radius 2 is 0.884 bits per heavy atom. The van der Waals surface area contributed by atoms with Crippen molar-refractivity contribution in [3.8, 4) is 0 Å². The quantitative estimate of drug-likeness (QED) is 0.0543. The molecule has 0 heterocycles. The fourth-order valence-electron chi connectivity index (χ4n) is 4.45. The maximum atomic E-state index is 10.3. The molecule has 9 nitrogen and oxygen atoms in total. The predicted molar refractivity (Wildman–Crippen MR) is 166 cm³/mol. The van der Waals surface area contributed by atoms with Crippen LogP contribution >= 0.6 is 16.5 Å². The van der Waals surface area contributed by atoms with E-state index in [0.717, 1.165) is 6.16 Å². The first-order valence-corrected chi connectivity index (χ1v) is 17.2. The van der Waals surface area contributed by atoms with Crippen LogP contribution in [-0.2, 0) is 26.1 Å². The number of nitro benzene ring substituents is 3. The number of hydrogen-bond acceptors (Lipinski definition) is 6. The van der Waals surface area contributed by atoms with E-state index in [1.807, 2.05) is 6.07 Å². The normalized spacial score (nSPS) is 10.3.